The third-order valence-corrected chi connectivity index (χ3v) is 5.36. The topological polar surface area (TPSA) is 70.2 Å². The second-order valence-electron chi connectivity index (χ2n) is 6.46. The number of urea groups is 1. The van der Waals surface area contributed by atoms with E-state index in [4.69, 9.17) is 23.2 Å². The molecule has 0 saturated carbocycles. The third kappa shape index (κ3) is 4.13. The summed E-state index contributed by atoms with van der Waals surface area (Å²) in [5.41, 5.74) is 2.63. The van der Waals surface area contributed by atoms with Crippen molar-refractivity contribution >= 4 is 35.1 Å². The molecule has 0 fully saturated rings. The van der Waals surface area contributed by atoms with Crippen molar-refractivity contribution in [2.24, 2.45) is 0 Å². The fourth-order valence-electron chi connectivity index (χ4n) is 2.96. The molecular weight excluding hydrogens is 404 g/mol. The van der Waals surface area contributed by atoms with Crippen LogP contribution in [0.25, 0.3) is 0 Å². The minimum absolute atomic E-state index is 0.0587. The first-order chi connectivity index (χ1) is 13.3. The van der Waals surface area contributed by atoms with Crippen LogP contribution in [0, 0.1) is 5.82 Å². The van der Waals surface area contributed by atoms with Gasteiger partial charge in [-0.1, -0.05) is 35.3 Å². The molecule has 1 atom stereocenters. The van der Waals surface area contributed by atoms with E-state index in [-0.39, 0.29) is 18.1 Å². The van der Waals surface area contributed by atoms with Crippen molar-refractivity contribution < 1.29 is 14.0 Å². The number of allylic oxidation sites excluding steroid dienone is 1. The fourth-order valence-corrected chi connectivity index (χ4v) is 3.49. The highest BCUT2D eigenvalue weighted by Crippen LogP contribution is 2.28. The summed E-state index contributed by atoms with van der Waals surface area (Å²) >= 11 is 12.2. The van der Waals surface area contributed by atoms with Crippen LogP contribution in [0.5, 0.6) is 0 Å². The van der Waals surface area contributed by atoms with Crippen molar-refractivity contribution in [3.63, 3.8) is 0 Å². The summed E-state index contributed by atoms with van der Waals surface area (Å²) in [6.45, 7) is 3.70. The molecule has 3 N–H and O–H groups in total. The molecule has 5 nitrogen and oxygen atoms in total. The minimum Gasteiger partial charge on any atom is -0.348 e. The summed E-state index contributed by atoms with van der Waals surface area (Å²) in [5.74, 6) is -1.26. The number of benzene rings is 2. The predicted molar refractivity (Wildman–Crippen MR) is 107 cm³/mol. The molecule has 8 heteroatoms. The molecule has 3 rings (SSSR count). The van der Waals surface area contributed by atoms with Gasteiger partial charge >= 0.3 is 6.03 Å². The molecule has 0 aromatic heterocycles. The van der Waals surface area contributed by atoms with Crippen LogP contribution in [0.1, 0.15) is 41.4 Å². The monoisotopic (exact) mass is 421 g/mol. The van der Waals surface area contributed by atoms with Crippen molar-refractivity contribution in [3.8, 4) is 0 Å². The molecule has 1 unspecified atom stereocenters. The summed E-state index contributed by atoms with van der Waals surface area (Å²) in [6, 6.07) is 8.42. The van der Waals surface area contributed by atoms with Gasteiger partial charge in [0.1, 0.15) is 5.82 Å². The zero-order valence-electron chi connectivity index (χ0n) is 15.2. The van der Waals surface area contributed by atoms with Crippen LogP contribution >= 0.6 is 23.2 Å². The lowest BCUT2D eigenvalue weighted by Crippen LogP contribution is -2.43. The number of nitrogens with one attached hydrogen (secondary N) is 3. The van der Waals surface area contributed by atoms with E-state index in [2.05, 4.69) is 16.0 Å². The first-order valence-corrected chi connectivity index (χ1v) is 9.29. The van der Waals surface area contributed by atoms with Crippen molar-refractivity contribution in [2.75, 3.05) is 0 Å². The van der Waals surface area contributed by atoms with Gasteiger partial charge in [0.2, 0.25) is 0 Å². The van der Waals surface area contributed by atoms with E-state index in [1.54, 1.807) is 31.2 Å². The smallest absolute Gasteiger partial charge is 0.319 e. The Morgan fingerprint density at radius 1 is 1.18 bits per heavy atom. The summed E-state index contributed by atoms with van der Waals surface area (Å²) in [4.78, 5) is 24.3. The second-order valence-corrected chi connectivity index (χ2v) is 7.28. The van der Waals surface area contributed by atoms with Crippen molar-refractivity contribution in [1.82, 2.24) is 16.0 Å². The number of carbonyl (C=O) groups excluding carboxylic acids is 2. The van der Waals surface area contributed by atoms with E-state index in [1.807, 2.05) is 6.92 Å². The molecule has 146 valence electrons. The molecule has 1 aliphatic rings. The highest BCUT2D eigenvalue weighted by Gasteiger charge is 2.25. The number of hydrogen-bond donors (Lipinski definition) is 3. The van der Waals surface area contributed by atoms with Gasteiger partial charge in [0.15, 0.2) is 0 Å². The Morgan fingerprint density at radius 2 is 1.86 bits per heavy atom. The van der Waals surface area contributed by atoms with Crippen LogP contribution < -0.4 is 16.0 Å². The van der Waals surface area contributed by atoms with Crippen LogP contribution in [0.3, 0.4) is 0 Å². The molecule has 0 aliphatic carbocycles. The Morgan fingerprint density at radius 3 is 2.54 bits per heavy atom. The zero-order valence-corrected chi connectivity index (χ0v) is 16.7. The molecule has 1 heterocycles. The number of amides is 3. The van der Waals surface area contributed by atoms with Crippen LogP contribution in [-0.2, 0) is 6.54 Å². The first kappa shape index (κ1) is 20.2. The van der Waals surface area contributed by atoms with Gasteiger partial charge in [0, 0.05) is 27.9 Å². The molecule has 1 aliphatic heterocycles. The molecule has 0 bridgehead atoms. The van der Waals surface area contributed by atoms with Crippen molar-refractivity contribution in [1.29, 1.82) is 0 Å². The number of hydrogen-bond acceptors (Lipinski definition) is 2. The second kappa shape index (κ2) is 8.20. The molecule has 28 heavy (non-hydrogen) atoms. The Labute approximate surface area is 171 Å². The summed E-state index contributed by atoms with van der Waals surface area (Å²) in [6.07, 6.45) is 0. The van der Waals surface area contributed by atoms with Crippen molar-refractivity contribution in [3.05, 3.63) is 80.2 Å². The lowest BCUT2D eigenvalue weighted by molar-refractivity contribution is 0.0946. The highest BCUT2D eigenvalue weighted by molar-refractivity contribution is 6.36. The molecular formula is C20H18Cl2FN3O2. The van der Waals surface area contributed by atoms with E-state index < -0.39 is 17.8 Å². The van der Waals surface area contributed by atoms with E-state index in [1.165, 1.54) is 12.1 Å². The maximum Gasteiger partial charge on any atom is 0.319 e. The van der Waals surface area contributed by atoms with Gasteiger partial charge in [0.05, 0.1) is 11.6 Å². The maximum atomic E-state index is 14.3. The molecule has 0 spiro atoms. The number of halogens is 3. The summed E-state index contributed by atoms with van der Waals surface area (Å²) < 4.78 is 14.3. The van der Waals surface area contributed by atoms with Crippen LogP contribution in [0.4, 0.5) is 9.18 Å². The van der Waals surface area contributed by atoms with Gasteiger partial charge in [0.25, 0.3) is 5.91 Å². The van der Waals surface area contributed by atoms with Gasteiger partial charge in [-0.15, -0.1) is 0 Å². The predicted octanol–water partition coefficient (Wildman–Crippen LogP) is 4.71. The van der Waals surface area contributed by atoms with Crippen LogP contribution in [-0.4, -0.2) is 11.9 Å². The van der Waals surface area contributed by atoms with Crippen molar-refractivity contribution in [2.45, 2.75) is 26.4 Å². The Balaban J connectivity index is 1.84. The standard InChI is InChI=1S/C20H18Cl2FN3O2/c1-10-11(2)25-20(28)26-18(10)12-6-7-17(23)13(8-12)19(27)24-9-14-15(21)4-3-5-16(14)22/h3-8,18H,9H2,1-2H3,(H,24,27)(H2,25,26,28). The highest BCUT2D eigenvalue weighted by atomic mass is 35.5. The number of carbonyl (C=O) groups is 2. The largest absolute Gasteiger partial charge is 0.348 e. The molecule has 2 aromatic rings. The quantitative estimate of drug-likeness (QED) is 0.668. The molecule has 0 saturated heterocycles. The third-order valence-electron chi connectivity index (χ3n) is 4.66. The van der Waals surface area contributed by atoms with Gasteiger partial charge in [-0.05, 0) is 49.2 Å². The lowest BCUT2D eigenvalue weighted by atomic mass is 9.95. The molecule has 3 amide bonds. The van der Waals surface area contributed by atoms with E-state index in [9.17, 15) is 14.0 Å². The van der Waals surface area contributed by atoms with Gasteiger partial charge in [-0.3, -0.25) is 4.79 Å². The normalized spacial score (nSPS) is 16.5. The lowest BCUT2D eigenvalue weighted by Gasteiger charge is -2.27. The summed E-state index contributed by atoms with van der Waals surface area (Å²) in [7, 11) is 0. The molecule has 2 aromatic carbocycles. The Hall–Kier alpha value is -2.57. The first-order valence-electron chi connectivity index (χ1n) is 8.53. The maximum absolute atomic E-state index is 14.3. The minimum atomic E-state index is -0.662. The van der Waals surface area contributed by atoms with E-state index >= 15 is 0 Å². The Bertz CT molecular complexity index is 971. The number of rotatable bonds is 4. The van der Waals surface area contributed by atoms with Gasteiger partial charge in [-0.25, -0.2) is 9.18 Å². The van der Waals surface area contributed by atoms with Crippen LogP contribution in [0.2, 0.25) is 10.0 Å². The van der Waals surface area contributed by atoms with Gasteiger partial charge < -0.3 is 16.0 Å². The SMILES string of the molecule is CC1=C(C)C(c2ccc(F)c(C(=O)NCc3c(Cl)cccc3Cl)c2)NC(=O)N1. The fraction of sp³-hybridized carbons (Fsp3) is 0.200. The zero-order chi connectivity index (χ0) is 20.4. The van der Waals surface area contributed by atoms with E-state index in [0.717, 1.165) is 11.3 Å². The summed E-state index contributed by atoms with van der Waals surface area (Å²) in [5, 5.41) is 8.91. The Kier molecular flexibility index (Phi) is 5.91. The van der Waals surface area contributed by atoms with Crippen LogP contribution in [0.15, 0.2) is 47.7 Å². The average Bonchev–Trinajstić information content (AvgIpc) is 2.64. The van der Waals surface area contributed by atoms with E-state index in [0.29, 0.717) is 21.2 Å². The average molecular weight is 422 g/mol. The molecule has 0 radical (unpaired) electrons. The van der Waals surface area contributed by atoms with Gasteiger partial charge in [-0.2, -0.15) is 0 Å².